The van der Waals surface area contributed by atoms with Crippen molar-refractivity contribution < 1.29 is 9.18 Å². The van der Waals surface area contributed by atoms with E-state index in [2.05, 4.69) is 27.4 Å². The van der Waals surface area contributed by atoms with Gasteiger partial charge in [0.1, 0.15) is 12.1 Å². The molecule has 4 rings (SSSR count). The molecule has 1 heterocycles. The zero-order valence-electron chi connectivity index (χ0n) is 18.4. The summed E-state index contributed by atoms with van der Waals surface area (Å²) in [5, 5.41) is 7.27. The van der Waals surface area contributed by atoms with Crippen molar-refractivity contribution >= 4 is 23.8 Å². The summed E-state index contributed by atoms with van der Waals surface area (Å²) in [5.41, 5.74) is 3.55. The van der Waals surface area contributed by atoms with Crippen LogP contribution in [0.1, 0.15) is 24.1 Å². The monoisotopic (exact) mass is 461 g/mol. The summed E-state index contributed by atoms with van der Waals surface area (Å²) in [6.45, 7) is 1.89. The first kappa shape index (κ1) is 22.6. The van der Waals surface area contributed by atoms with Gasteiger partial charge in [-0.25, -0.2) is 9.07 Å². The van der Waals surface area contributed by atoms with Crippen LogP contribution in [0, 0.1) is 10.6 Å². The van der Waals surface area contributed by atoms with E-state index in [0.717, 1.165) is 16.8 Å². The molecule has 0 unspecified atom stereocenters. The van der Waals surface area contributed by atoms with Crippen LogP contribution in [0.15, 0.2) is 85.2 Å². The van der Waals surface area contributed by atoms with E-state index in [1.165, 1.54) is 19.1 Å². The van der Waals surface area contributed by atoms with Gasteiger partial charge in [-0.1, -0.05) is 48.5 Å². The average Bonchev–Trinajstić information content (AvgIpc) is 3.16. The van der Waals surface area contributed by atoms with Gasteiger partial charge in [-0.3, -0.25) is 14.3 Å². The zero-order valence-corrected chi connectivity index (χ0v) is 19.2. The van der Waals surface area contributed by atoms with Crippen LogP contribution in [0.2, 0.25) is 0 Å². The van der Waals surface area contributed by atoms with Crippen LogP contribution in [-0.4, -0.2) is 32.2 Å². The molecular formula is C25H24FN5OS. The molecule has 0 fully saturated rings. The number of carbonyl (C=O) groups excluding carboxylic acids is 1. The van der Waals surface area contributed by atoms with Crippen LogP contribution in [0.25, 0.3) is 5.69 Å². The minimum atomic E-state index is -0.268. The summed E-state index contributed by atoms with van der Waals surface area (Å²) in [5.74, 6) is -0.406. The van der Waals surface area contributed by atoms with E-state index in [9.17, 15) is 9.18 Å². The number of nitrogens with one attached hydrogen (secondary N) is 1. The second-order valence-electron chi connectivity index (χ2n) is 7.78. The van der Waals surface area contributed by atoms with Crippen molar-refractivity contribution in [2.75, 3.05) is 12.4 Å². The standard InChI is InChI=1S/C25H24FN5OS/c1-18(32)28-22-9-6-10-23(15-22)30-16-27-31(25(30)33)17-29(2)24(19-7-4-3-5-8-19)20-11-13-21(26)14-12-20/h3-16,24H,17H2,1-2H3,(H,28,32)/t24-/m0/s1. The molecular weight excluding hydrogens is 437 g/mol. The molecule has 0 radical (unpaired) electrons. The maximum absolute atomic E-state index is 13.5. The lowest BCUT2D eigenvalue weighted by atomic mass is 9.98. The molecule has 1 atom stereocenters. The molecule has 4 aromatic rings. The van der Waals surface area contributed by atoms with Crippen LogP contribution >= 0.6 is 12.2 Å². The number of nitrogens with zero attached hydrogens (tertiary/aromatic N) is 4. The Labute approximate surface area is 196 Å². The fraction of sp³-hybridized carbons (Fsp3) is 0.160. The molecule has 3 aromatic carbocycles. The summed E-state index contributed by atoms with van der Waals surface area (Å²) in [6.07, 6.45) is 1.67. The van der Waals surface area contributed by atoms with E-state index in [4.69, 9.17) is 12.2 Å². The van der Waals surface area contributed by atoms with Gasteiger partial charge in [0.25, 0.3) is 0 Å². The van der Waals surface area contributed by atoms with E-state index < -0.39 is 0 Å². The van der Waals surface area contributed by atoms with Crippen LogP contribution in [0.5, 0.6) is 0 Å². The van der Waals surface area contributed by atoms with Crippen LogP contribution in [0.3, 0.4) is 0 Å². The molecule has 168 valence electrons. The Hall–Kier alpha value is -3.62. The van der Waals surface area contributed by atoms with Crippen LogP contribution < -0.4 is 5.32 Å². The normalized spacial score (nSPS) is 12.0. The number of anilines is 1. The first-order chi connectivity index (χ1) is 15.9. The Morgan fingerprint density at radius 1 is 1.06 bits per heavy atom. The van der Waals surface area contributed by atoms with Gasteiger partial charge in [-0.2, -0.15) is 5.10 Å². The highest BCUT2D eigenvalue weighted by atomic mass is 32.1. The van der Waals surface area contributed by atoms with E-state index >= 15 is 0 Å². The Balaban J connectivity index is 1.63. The molecule has 0 spiro atoms. The topological polar surface area (TPSA) is 55.1 Å². The quantitative estimate of drug-likeness (QED) is 0.386. The molecule has 0 saturated carbocycles. The molecule has 8 heteroatoms. The molecule has 0 aliphatic heterocycles. The third-order valence-electron chi connectivity index (χ3n) is 5.28. The van der Waals surface area contributed by atoms with E-state index in [0.29, 0.717) is 17.1 Å². The molecule has 0 aliphatic rings. The van der Waals surface area contributed by atoms with Gasteiger partial charge in [0.15, 0.2) is 0 Å². The smallest absolute Gasteiger partial charge is 0.221 e. The van der Waals surface area contributed by atoms with Gasteiger partial charge < -0.3 is 5.32 Å². The van der Waals surface area contributed by atoms with Crippen molar-refractivity contribution in [3.8, 4) is 5.69 Å². The summed E-state index contributed by atoms with van der Waals surface area (Å²) in [7, 11) is 1.99. The van der Waals surface area contributed by atoms with Crippen molar-refractivity contribution in [2.24, 2.45) is 0 Å². The number of hydrogen-bond acceptors (Lipinski definition) is 4. The predicted octanol–water partition coefficient (Wildman–Crippen LogP) is 5.18. The Morgan fingerprint density at radius 2 is 1.76 bits per heavy atom. The third-order valence-corrected chi connectivity index (χ3v) is 5.68. The fourth-order valence-corrected chi connectivity index (χ4v) is 4.08. The first-order valence-corrected chi connectivity index (χ1v) is 10.9. The Kier molecular flexibility index (Phi) is 6.76. The summed E-state index contributed by atoms with van der Waals surface area (Å²) < 4.78 is 17.6. The average molecular weight is 462 g/mol. The molecule has 1 N–H and O–H groups in total. The second-order valence-corrected chi connectivity index (χ2v) is 8.14. The van der Waals surface area contributed by atoms with Crippen LogP contribution in [0.4, 0.5) is 10.1 Å². The predicted molar refractivity (Wildman–Crippen MR) is 129 cm³/mol. The molecule has 6 nitrogen and oxygen atoms in total. The second kappa shape index (κ2) is 9.89. The van der Waals surface area contributed by atoms with Crippen molar-refractivity contribution in [3.63, 3.8) is 0 Å². The van der Waals surface area contributed by atoms with Gasteiger partial charge in [0.2, 0.25) is 10.7 Å². The summed E-state index contributed by atoms with van der Waals surface area (Å²) in [4.78, 5) is 13.5. The van der Waals surface area contributed by atoms with Gasteiger partial charge >= 0.3 is 0 Å². The van der Waals surface area contributed by atoms with Crippen LogP contribution in [-0.2, 0) is 11.5 Å². The van der Waals surface area contributed by atoms with Gasteiger partial charge in [0, 0.05) is 12.6 Å². The third kappa shape index (κ3) is 5.24. The van der Waals surface area contributed by atoms with Crippen molar-refractivity contribution in [2.45, 2.75) is 19.6 Å². The Morgan fingerprint density at radius 3 is 2.45 bits per heavy atom. The number of halogens is 1. The Bertz CT molecular complexity index is 1300. The fourth-order valence-electron chi connectivity index (χ4n) is 3.82. The number of carbonyl (C=O) groups is 1. The largest absolute Gasteiger partial charge is 0.326 e. The van der Waals surface area contributed by atoms with Gasteiger partial charge in [-0.15, -0.1) is 0 Å². The maximum atomic E-state index is 13.5. The highest BCUT2D eigenvalue weighted by Gasteiger charge is 2.20. The number of amides is 1. The van der Waals surface area contributed by atoms with E-state index in [1.807, 2.05) is 49.5 Å². The molecule has 0 aliphatic carbocycles. The number of hydrogen-bond donors (Lipinski definition) is 1. The molecule has 0 saturated heterocycles. The number of aromatic nitrogens is 3. The van der Waals surface area contributed by atoms with Crippen molar-refractivity contribution in [1.29, 1.82) is 0 Å². The molecule has 1 aromatic heterocycles. The lowest BCUT2D eigenvalue weighted by molar-refractivity contribution is -0.114. The van der Waals surface area contributed by atoms with Gasteiger partial charge in [0.05, 0.1) is 18.4 Å². The number of benzene rings is 3. The first-order valence-electron chi connectivity index (χ1n) is 10.5. The van der Waals surface area contributed by atoms with Crippen molar-refractivity contribution in [3.05, 3.63) is 107 Å². The molecule has 33 heavy (non-hydrogen) atoms. The lowest BCUT2D eigenvalue weighted by Gasteiger charge is -2.28. The van der Waals surface area contributed by atoms with E-state index in [1.54, 1.807) is 27.7 Å². The minimum Gasteiger partial charge on any atom is -0.326 e. The zero-order chi connectivity index (χ0) is 23.4. The van der Waals surface area contributed by atoms with Crippen molar-refractivity contribution in [1.82, 2.24) is 19.2 Å². The minimum absolute atomic E-state index is 0.109. The van der Waals surface area contributed by atoms with E-state index in [-0.39, 0.29) is 17.8 Å². The highest BCUT2D eigenvalue weighted by molar-refractivity contribution is 7.71. The maximum Gasteiger partial charge on any atom is 0.221 e. The molecule has 1 amide bonds. The SMILES string of the molecule is CC(=O)Nc1cccc(-n2cnn(CN(C)[C@@H](c3ccccc3)c3ccc(F)cc3)c2=S)c1. The highest BCUT2D eigenvalue weighted by Crippen LogP contribution is 2.28. The summed E-state index contributed by atoms with van der Waals surface area (Å²) in [6, 6.07) is 23.9. The lowest BCUT2D eigenvalue weighted by Crippen LogP contribution is -2.28. The molecule has 0 bridgehead atoms. The number of rotatable bonds is 7. The summed E-state index contributed by atoms with van der Waals surface area (Å²) >= 11 is 5.69. The van der Waals surface area contributed by atoms with Gasteiger partial charge in [-0.05, 0) is 60.7 Å².